The van der Waals surface area contributed by atoms with Gasteiger partial charge in [0.1, 0.15) is 5.75 Å². The molecular weight excluding hydrogens is 326 g/mol. The van der Waals surface area contributed by atoms with E-state index in [-0.39, 0.29) is 17.9 Å². The van der Waals surface area contributed by atoms with Gasteiger partial charge in [0, 0.05) is 35.6 Å². The number of nitro benzene ring substituents is 1. The van der Waals surface area contributed by atoms with E-state index in [4.69, 9.17) is 9.47 Å². The number of nitro groups is 1. The average Bonchev–Trinajstić information content (AvgIpc) is 2.99. The Morgan fingerprint density at radius 1 is 1.20 bits per heavy atom. The molecule has 25 heavy (non-hydrogen) atoms. The third-order valence-electron chi connectivity index (χ3n) is 4.16. The number of hydrogen-bond acceptors (Lipinski definition) is 6. The first-order chi connectivity index (χ1) is 12.0. The second-order valence-corrected chi connectivity index (χ2v) is 5.64. The van der Waals surface area contributed by atoms with E-state index in [1.807, 2.05) is 0 Å². The second kappa shape index (κ2) is 6.72. The van der Waals surface area contributed by atoms with Gasteiger partial charge in [-0.25, -0.2) is 4.79 Å². The van der Waals surface area contributed by atoms with Gasteiger partial charge in [0.05, 0.1) is 12.0 Å². The number of rotatable bonds is 5. The molecule has 0 bridgehead atoms. The van der Waals surface area contributed by atoms with Crippen LogP contribution in [0.4, 0.5) is 5.69 Å². The first-order valence-corrected chi connectivity index (χ1v) is 7.62. The quantitative estimate of drug-likeness (QED) is 0.359. The Labute approximate surface area is 143 Å². The van der Waals surface area contributed by atoms with E-state index in [1.54, 1.807) is 30.3 Å². The van der Waals surface area contributed by atoms with Crippen LogP contribution in [-0.2, 0) is 9.53 Å². The van der Waals surface area contributed by atoms with Gasteiger partial charge in [-0.1, -0.05) is 30.3 Å². The molecule has 2 aromatic carbocycles. The summed E-state index contributed by atoms with van der Waals surface area (Å²) in [6, 6.07) is 12.7. The molecule has 0 N–H and O–H groups in total. The van der Waals surface area contributed by atoms with E-state index in [0.717, 1.165) is 0 Å². The van der Waals surface area contributed by atoms with Crippen molar-refractivity contribution in [1.82, 2.24) is 0 Å². The molecule has 7 nitrogen and oxygen atoms in total. The van der Waals surface area contributed by atoms with Crippen LogP contribution in [0, 0.1) is 10.1 Å². The largest absolute Gasteiger partial charge is 0.478 e. The molecule has 1 aliphatic heterocycles. The maximum atomic E-state index is 12.5. The van der Waals surface area contributed by atoms with Crippen LogP contribution >= 0.6 is 0 Å². The van der Waals surface area contributed by atoms with Crippen LogP contribution in [0.1, 0.15) is 28.3 Å². The molecule has 0 amide bonds. The molecule has 0 spiro atoms. The highest BCUT2D eigenvalue weighted by Gasteiger charge is 2.42. The number of Topliss-reactive ketones (excluding diaryl/α,β-unsaturated/α-hetero) is 1. The third kappa shape index (κ3) is 3.21. The Balaban J connectivity index is 1.96. The summed E-state index contributed by atoms with van der Waals surface area (Å²) < 4.78 is 10.3. The Morgan fingerprint density at radius 2 is 1.92 bits per heavy atom. The van der Waals surface area contributed by atoms with Gasteiger partial charge in [-0.2, -0.15) is 0 Å². The number of esters is 1. The lowest BCUT2D eigenvalue weighted by atomic mass is 9.88. The van der Waals surface area contributed by atoms with Gasteiger partial charge in [-0.15, -0.1) is 0 Å². The summed E-state index contributed by atoms with van der Waals surface area (Å²) in [6.07, 6.45) is -1.02. The smallest absolute Gasteiger partial charge is 0.347 e. The van der Waals surface area contributed by atoms with Crippen LogP contribution in [0.25, 0.3) is 0 Å². The van der Waals surface area contributed by atoms with Gasteiger partial charge in [0.2, 0.25) is 6.10 Å². The molecule has 0 aliphatic carbocycles. The van der Waals surface area contributed by atoms with Gasteiger partial charge in [-0.3, -0.25) is 14.9 Å². The Kier molecular flexibility index (Phi) is 4.47. The zero-order valence-electron chi connectivity index (χ0n) is 13.4. The highest BCUT2D eigenvalue weighted by molar-refractivity contribution is 5.97. The predicted molar refractivity (Wildman–Crippen MR) is 87.7 cm³/mol. The van der Waals surface area contributed by atoms with E-state index >= 15 is 0 Å². The summed E-state index contributed by atoms with van der Waals surface area (Å²) in [4.78, 5) is 35.1. The number of nitrogens with zero attached hydrogens (tertiary/aromatic N) is 1. The lowest BCUT2D eigenvalue weighted by Crippen LogP contribution is -2.31. The summed E-state index contributed by atoms with van der Waals surface area (Å²) in [5, 5.41) is 11.0. The van der Waals surface area contributed by atoms with Crippen LogP contribution in [-0.4, -0.2) is 29.9 Å². The van der Waals surface area contributed by atoms with E-state index in [9.17, 15) is 19.7 Å². The molecule has 2 atom stereocenters. The molecule has 0 saturated carbocycles. The van der Waals surface area contributed by atoms with E-state index in [0.29, 0.717) is 16.9 Å². The van der Waals surface area contributed by atoms with E-state index in [2.05, 4.69) is 0 Å². The van der Waals surface area contributed by atoms with Gasteiger partial charge < -0.3 is 9.47 Å². The maximum absolute atomic E-state index is 12.5. The molecule has 1 heterocycles. The number of ether oxygens (including phenoxy) is 2. The summed E-state index contributed by atoms with van der Waals surface area (Å²) >= 11 is 0. The number of carbonyl (C=O) groups is 2. The van der Waals surface area contributed by atoms with Gasteiger partial charge in [-0.05, 0) is 6.07 Å². The molecule has 128 valence electrons. The number of benzene rings is 2. The second-order valence-electron chi connectivity index (χ2n) is 5.64. The van der Waals surface area contributed by atoms with Crippen LogP contribution in [0.2, 0.25) is 0 Å². The topological polar surface area (TPSA) is 95.7 Å². The number of carbonyl (C=O) groups excluding carboxylic acids is 2. The zero-order valence-corrected chi connectivity index (χ0v) is 13.4. The number of non-ortho nitro benzene ring substituents is 1. The highest BCUT2D eigenvalue weighted by atomic mass is 16.6. The van der Waals surface area contributed by atoms with E-state index < -0.39 is 22.9 Å². The van der Waals surface area contributed by atoms with Gasteiger partial charge in [0.25, 0.3) is 5.69 Å². The molecule has 0 radical (unpaired) electrons. The van der Waals surface area contributed by atoms with Crippen LogP contribution in [0.3, 0.4) is 0 Å². The minimum absolute atomic E-state index is 0.0159. The van der Waals surface area contributed by atoms with Crippen molar-refractivity contribution in [2.45, 2.75) is 18.4 Å². The van der Waals surface area contributed by atoms with Crippen LogP contribution < -0.4 is 4.74 Å². The molecule has 3 rings (SSSR count). The van der Waals surface area contributed by atoms with Crippen molar-refractivity contribution < 1.29 is 24.0 Å². The molecular formula is C18H15NO6. The first-order valence-electron chi connectivity index (χ1n) is 7.62. The van der Waals surface area contributed by atoms with Crippen molar-refractivity contribution in [2.24, 2.45) is 0 Å². The molecule has 0 saturated heterocycles. The van der Waals surface area contributed by atoms with Crippen molar-refractivity contribution in [1.29, 1.82) is 0 Å². The predicted octanol–water partition coefficient (Wildman–Crippen LogP) is 2.89. The molecule has 1 aliphatic rings. The normalized spacial score (nSPS) is 18.1. The summed E-state index contributed by atoms with van der Waals surface area (Å²) in [5.74, 6) is -1.09. The summed E-state index contributed by atoms with van der Waals surface area (Å²) in [5.41, 5.74) is 0.851. The van der Waals surface area contributed by atoms with Crippen LogP contribution in [0.5, 0.6) is 5.75 Å². The van der Waals surface area contributed by atoms with E-state index in [1.165, 1.54) is 25.3 Å². The molecule has 0 fully saturated rings. The molecule has 2 aromatic rings. The van der Waals surface area contributed by atoms with Crippen molar-refractivity contribution in [2.75, 3.05) is 7.11 Å². The minimum Gasteiger partial charge on any atom is -0.478 e. The van der Waals surface area contributed by atoms with Crippen LogP contribution in [0.15, 0.2) is 48.5 Å². The first kappa shape index (κ1) is 16.6. The summed E-state index contributed by atoms with van der Waals surface area (Å²) in [7, 11) is 1.23. The van der Waals surface area contributed by atoms with Crippen molar-refractivity contribution in [3.05, 3.63) is 69.8 Å². The standard InChI is InChI=1S/C18H15NO6/c1-24-18(21)17-14(10-15(20)11-5-3-2-4-6-11)13-9-12(19(22)23)7-8-16(13)25-17/h2-9,14,17H,10H2,1H3/t14-,17+/m0/s1. The highest BCUT2D eigenvalue weighted by Crippen LogP contribution is 2.43. The van der Waals surface area contributed by atoms with Gasteiger partial charge >= 0.3 is 5.97 Å². The zero-order chi connectivity index (χ0) is 18.0. The minimum atomic E-state index is -1.00. The fraction of sp³-hybridized carbons (Fsp3) is 0.222. The number of fused-ring (bicyclic) bond motifs is 1. The lowest BCUT2D eigenvalue weighted by Gasteiger charge is -2.16. The Morgan fingerprint density at radius 3 is 2.56 bits per heavy atom. The average molecular weight is 341 g/mol. The fourth-order valence-electron chi connectivity index (χ4n) is 2.92. The van der Waals surface area contributed by atoms with Gasteiger partial charge in [0.15, 0.2) is 5.78 Å². The number of methoxy groups -OCH3 is 1. The van der Waals surface area contributed by atoms with Crippen molar-refractivity contribution >= 4 is 17.4 Å². The molecule has 7 heteroatoms. The Hall–Kier alpha value is -3.22. The maximum Gasteiger partial charge on any atom is 0.347 e. The third-order valence-corrected chi connectivity index (χ3v) is 4.16. The summed E-state index contributed by atoms with van der Waals surface area (Å²) in [6.45, 7) is 0. The monoisotopic (exact) mass is 341 g/mol. The molecule has 0 unspecified atom stereocenters. The van der Waals surface area contributed by atoms with Crippen molar-refractivity contribution in [3.8, 4) is 5.75 Å². The fourth-order valence-corrected chi connectivity index (χ4v) is 2.92. The lowest BCUT2D eigenvalue weighted by molar-refractivity contribution is -0.384. The molecule has 0 aromatic heterocycles. The number of hydrogen-bond donors (Lipinski definition) is 0. The van der Waals surface area contributed by atoms with Crippen molar-refractivity contribution in [3.63, 3.8) is 0 Å². The number of ketones is 1. The Bertz CT molecular complexity index is 833. The SMILES string of the molecule is COC(=O)[C@@H]1Oc2ccc([N+](=O)[O-])cc2[C@@H]1CC(=O)c1ccccc1.